The molecule has 2 nitrogen and oxygen atoms in total. The summed E-state index contributed by atoms with van der Waals surface area (Å²) < 4.78 is 0. The van der Waals surface area contributed by atoms with Crippen molar-refractivity contribution in [3.63, 3.8) is 0 Å². The van der Waals surface area contributed by atoms with Crippen LogP contribution in [0.1, 0.15) is 46.5 Å². The Bertz CT molecular complexity index is 257. The van der Waals surface area contributed by atoms with Crippen LogP contribution in [-0.4, -0.2) is 23.5 Å². The molecule has 2 heteroatoms. The lowest BCUT2D eigenvalue weighted by molar-refractivity contribution is 0.285. The molecule has 0 bridgehead atoms. The van der Waals surface area contributed by atoms with Crippen molar-refractivity contribution in [3.05, 3.63) is 24.6 Å². The molecule has 0 spiro atoms. The zero-order valence-corrected chi connectivity index (χ0v) is 11.1. The first-order valence-electron chi connectivity index (χ1n) is 6.47. The van der Waals surface area contributed by atoms with E-state index in [-0.39, 0.29) is 0 Å². The molecular weight excluding hydrogens is 196 g/mol. The molecule has 0 aliphatic carbocycles. The minimum atomic E-state index is 0.352. The fraction of sp³-hybridized carbons (Fsp3) is 0.714. The maximum absolute atomic E-state index is 4.28. The highest BCUT2D eigenvalue weighted by Gasteiger charge is 2.26. The van der Waals surface area contributed by atoms with Gasteiger partial charge in [0.15, 0.2) is 0 Å². The van der Waals surface area contributed by atoms with Gasteiger partial charge in [-0.2, -0.15) is 0 Å². The molecule has 1 rings (SSSR count). The van der Waals surface area contributed by atoms with Crippen LogP contribution < -0.4 is 5.32 Å². The van der Waals surface area contributed by atoms with Gasteiger partial charge < -0.3 is 10.2 Å². The maximum atomic E-state index is 4.28. The fourth-order valence-electron chi connectivity index (χ4n) is 2.56. The Morgan fingerprint density at radius 2 is 2.12 bits per heavy atom. The minimum absolute atomic E-state index is 0.352. The zero-order chi connectivity index (χ0) is 12.1. The Labute approximate surface area is 100 Å². The predicted octanol–water partition coefficient (Wildman–Crippen LogP) is 3.28. The summed E-state index contributed by atoms with van der Waals surface area (Å²) in [7, 11) is 0. The quantitative estimate of drug-likeness (QED) is 0.742. The van der Waals surface area contributed by atoms with Crippen molar-refractivity contribution in [2.24, 2.45) is 0 Å². The van der Waals surface area contributed by atoms with Gasteiger partial charge in [-0.3, -0.25) is 0 Å². The Balaban J connectivity index is 2.63. The highest BCUT2D eigenvalue weighted by Crippen LogP contribution is 2.26. The third-order valence-electron chi connectivity index (χ3n) is 3.45. The van der Waals surface area contributed by atoms with Crippen LogP contribution in [0.2, 0.25) is 0 Å². The van der Waals surface area contributed by atoms with E-state index >= 15 is 0 Å². The molecule has 16 heavy (non-hydrogen) atoms. The van der Waals surface area contributed by atoms with Crippen LogP contribution in [-0.2, 0) is 0 Å². The van der Waals surface area contributed by atoms with E-state index in [1.807, 2.05) is 6.92 Å². The summed E-state index contributed by atoms with van der Waals surface area (Å²) in [5.74, 6) is 0. The first-order chi connectivity index (χ1) is 7.60. The normalized spacial score (nSPS) is 21.9. The summed E-state index contributed by atoms with van der Waals surface area (Å²) in [6, 6.07) is 1.05. The van der Waals surface area contributed by atoms with Crippen LogP contribution in [0.25, 0.3) is 0 Å². The molecule has 0 amide bonds. The molecule has 0 aromatic rings. The SMILES string of the molecule is C=C(C)NC(CC)C(=C)N1CCCC1CC. The van der Waals surface area contributed by atoms with Crippen LogP contribution >= 0.6 is 0 Å². The molecule has 1 N–H and O–H groups in total. The average Bonchev–Trinajstić information content (AvgIpc) is 2.72. The Morgan fingerprint density at radius 1 is 1.44 bits per heavy atom. The van der Waals surface area contributed by atoms with Gasteiger partial charge in [0.25, 0.3) is 0 Å². The largest absolute Gasteiger partial charge is 0.381 e. The first kappa shape index (κ1) is 13.1. The van der Waals surface area contributed by atoms with Crippen LogP contribution in [0.3, 0.4) is 0 Å². The molecule has 1 fully saturated rings. The van der Waals surface area contributed by atoms with Crippen molar-refractivity contribution >= 4 is 0 Å². The Hall–Kier alpha value is -0.920. The summed E-state index contributed by atoms with van der Waals surface area (Å²) in [5, 5.41) is 3.42. The molecule has 1 aliphatic heterocycles. The van der Waals surface area contributed by atoms with Gasteiger partial charge in [0, 0.05) is 24.0 Å². The van der Waals surface area contributed by atoms with E-state index in [4.69, 9.17) is 0 Å². The molecule has 0 saturated carbocycles. The van der Waals surface area contributed by atoms with Gasteiger partial charge in [0.05, 0.1) is 6.04 Å². The average molecular weight is 222 g/mol. The maximum Gasteiger partial charge on any atom is 0.0650 e. The second kappa shape index (κ2) is 5.97. The third kappa shape index (κ3) is 3.03. The molecule has 1 heterocycles. The van der Waals surface area contributed by atoms with Crippen molar-refractivity contribution < 1.29 is 0 Å². The summed E-state index contributed by atoms with van der Waals surface area (Å²) in [4.78, 5) is 2.49. The van der Waals surface area contributed by atoms with E-state index in [1.54, 1.807) is 0 Å². The lowest BCUT2D eigenvalue weighted by atomic mass is 10.1. The molecule has 2 unspecified atom stereocenters. The van der Waals surface area contributed by atoms with Gasteiger partial charge in [0.1, 0.15) is 0 Å². The molecule has 0 aromatic heterocycles. The van der Waals surface area contributed by atoms with Gasteiger partial charge in [0.2, 0.25) is 0 Å². The van der Waals surface area contributed by atoms with E-state index < -0.39 is 0 Å². The van der Waals surface area contributed by atoms with Crippen LogP contribution in [0.15, 0.2) is 24.6 Å². The Morgan fingerprint density at radius 3 is 2.62 bits per heavy atom. The van der Waals surface area contributed by atoms with Gasteiger partial charge in [-0.15, -0.1) is 0 Å². The van der Waals surface area contributed by atoms with Crippen molar-refractivity contribution in [1.29, 1.82) is 0 Å². The van der Waals surface area contributed by atoms with E-state index in [9.17, 15) is 0 Å². The number of hydrogen-bond donors (Lipinski definition) is 1. The lowest BCUT2D eigenvalue weighted by Crippen LogP contribution is -2.39. The van der Waals surface area contributed by atoms with Crippen LogP contribution in [0.4, 0.5) is 0 Å². The molecule has 1 saturated heterocycles. The zero-order valence-electron chi connectivity index (χ0n) is 11.1. The summed E-state index contributed by atoms with van der Waals surface area (Å²) in [6.07, 6.45) is 4.92. The van der Waals surface area contributed by atoms with E-state index in [2.05, 4.69) is 37.2 Å². The smallest absolute Gasteiger partial charge is 0.0650 e. The standard InChI is InChI=1S/C14H26N2/c1-6-13-9-8-10-16(13)12(5)14(7-2)15-11(3)4/h13-15H,3,5-10H2,1-2,4H3. The highest BCUT2D eigenvalue weighted by molar-refractivity contribution is 5.10. The lowest BCUT2D eigenvalue weighted by Gasteiger charge is -2.33. The monoisotopic (exact) mass is 222 g/mol. The second-order valence-electron chi connectivity index (χ2n) is 4.77. The predicted molar refractivity (Wildman–Crippen MR) is 71.2 cm³/mol. The number of nitrogens with zero attached hydrogens (tertiary/aromatic N) is 1. The van der Waals surface area contributed by atoms with Gasteiger partial charge in [-0.1, -0.05) is 27.0 Å². The second-order valence-corrected chi connectivity index (χ2v) is 4.77. The van der Waals surface area contributed by atoms with Crippen molar-refractivity contribution in [2.45, 2.75) is 58.5 Å². The molecule has 0 radical (unpaired) electrons. The first-order valence-corrected chi connectivity index (χ1v) is 6.47. The molecule has 2 atom stereocenters. The van der Waals surface area contributed by atoms with Crippen LogP contribution in [0, 0.1) is 0 Å². The van der Waals surface area contributed by atoms with Gasteiger partial charge in [-0.25, -0.2) is 0 Å². The van der Waals surface area contributed by atoms with E-state index in [0.29, 0.717) is 12.1 Å². The number of allylic oxidation sites excluding steroid dienone is 1. The van der Waals surface area contributed by atoms with E-state index in [1.165, 1.54) is 31.5 Å². The number of likely N-dealkylation sites (tertiary alicyclic amines) is 1. The summed E-state index contributed by atoms with van der Waals surface area (Å²) >= 11 is 0. The summed E-state index contributed by atoms with van der Waals surface area (Å²) in [5.41, 5.74) is 2.27. The van der Waals surface area contributed by atoms with E-state index in [0.717, 1.165) is 12.1 Å². The topological polar surface area (TPSA) is 15.3 Å². The molecule has 92 valence electrons. The molecule has 1 aliphatic rings. The summed E-state index contributed by atoms with van der Waals surface area (Å²) in [6.45, 7) is 15.8. The van der Waals surface area contributed by atoms with Gasteiger partial charge in [-0.05, 0) is 32.6 Å². The Kier molecular flexibility index (Phi) is 4.91. The number of hydrogen-bond acceptors (Lipinski definition) is 2. The highest BCUT2D eigenvalue weighted by atomic mass is 15.2. The molecular formula is C14H26N2. The molecule has 0 aromatic carbocycles. The van der Waals surface area contributed by atoms with Gasteiger partial charge >= 0.3 is 0 Å². The van der Waals surface area contributed by atoms with Crippen LogP contribution in [0.5, 0.6) is 0 Å². The number of rotatable bonds is 6. The third-order valence-corrected chi connectivity index (χ3v) is 3.45. The fourth-order valence-corrected chi connectivity index (χ4v) is 2.56. The number of nitrogens with one attached hydrogen (secondary N) is 1. The minimum Gasteiger partial charge on any atom is -0.381 e. The van der Waals surface area contributed by atoms with Crippen molar-refractivity contribution in [2.75, 3.05) is 6.54 Å². The van der Waals surface area contributed by atoms with Crippen molar-refractivity contribution in [1.82, 2.24) is 10.2 Å². The van der Waals surface area contributed by atoms with Crippen molar-refractivity contribution in [3.8, 4) is 0 Å².